The number of ketones is 1. The summed E-state index contributed by atoms with van der Waals surface area (Å²) < 4.78 is 0. The molecule has 1 saturated heterocycles. The molecule has 0 radical (unpaired) electrons. The van der Waals surface area contributed by atoms with Crippen LogP contribution < -0.4 is 0 Å². The Kier molecular flexibility index (Phi) is 1.59. The molecule has 0 aromatic carbocycles. The molecular weight excluding hydrogens is 150 g/mol. The molecule has 2 bridgehead atoms. The summed E-state index contributed by atoms with van der Waals surface area (Å²) in [6.07, 6.45) is 1.97. The largest absolute Gasteiger partial charge is 0.298 e. The predicted molar refractivity (Wildman–Crippen MR) is 48.0 cm³/mol. The van der Waals surface area contributed by atoms with Crippen LogP contribution in [-0.2, 0) is 4.79 Å². The molecule has 0 aromatic rings. The molecule has 2 fully saturated rings. The number of piperidine rings is 1. The second-order valence-electron chi connectivity index (χ2n) is 5.11. The van der Waals surface area contributed by atoms with Gasteiger partial charge in [-0.1, -0.05) is 0 Å². The Bertz CT molecular complexity index is 216. The van der Waals surface area contributed by atoms with Crippen molar-refractivity contribution in [3.05, 3.63) is 0 Å². The van der Waals surface area contributed by atoms with Crippen LogP contribution in [0.1, 0.15) is 33.6 Å². The fourth-order valence-electron chi connectivity index (χ4n) is 2.54. The SMILES string of the molecule is CC(C)(C)N1CC2CC(=O)C1C2. The van der Waals surface area contributed by atoms with Crippen molar-refractivity contribution in [3.8, 4) is 0 Å². The fourth-order valence-corrected chi connectivity index (χ4v) is 2.54. The first-order valence-electron chi connectivity index (χ1n) is 4.78. The monoisotopic (exact) mass is 167 g/mol. The first-order valence-corrected chi connectivity index (χ1v) is 4.78. The third-order valence-corrected chi connectivity index (χ3v) is 3.11. The van der Waals surface area contributed by atoms with Gasteiger partial charge in [-0.3, -0.25) is 9.69 Å². The summed E-state index contributed by atoms with van der Waals surface area (Å²) >= 11 is 0. The van der Waals surface area contributed by atoms with E-state index >= 15 is 0 Å². The summed E-state index contributed by atoms with van der Waals surface area (Å²) in [5.74, 6) is 1.14. The standard InChI is InChI=1S/C10H17NO/c1-10(2,3)11-6-7-4-8(11)9(12)5-7/h7-8H,4-6H2,1-3H3. The number of hydrogen-bond acceptors (Lipinski definition) is 2. The van der Waals surface area contributed by atoms with Gasteiger partial charge in [0.25, 0.3) is 0 Å². The number of hydrogen-bond donors (Lipinski definition) is 0. The van der Waals surface area contributed by atoms with Gasteiger partial charge in [0.05, 0.1) is 6.04 Å². The summed E-state index contributed by atoms with van der Waals surface area (Å²) in [7, 11) is 0. The van der Waals surface area contributed by atoms with Crippen molar-refractivity contribution in [1.29, 1.82) is 0 Å². The molecule has 1 aliphatic carbocycles. The molecule has 2 atom stereocenters. The minimum absolute atomic E-state index is 0.176. The molecule has 0 spiro atoms. The molecule has 0 N–H and O–H groups in total. The second-order valence-corrected chi connectivity index (χ2v) is 5.11. The van der Waals surface area contributed by atoms with Crippen molar-refractivity contribution in [2.24, 2.45) is 5.92 Å². The minimum atomic E-state index is 0.176. The van der Waals surface area contributed by atoms with Crippen molar-refractivity contribution in [3.63, 3.8) is 0 Å². The zero-order chi connectivity index (χ0) is 8.93. The zero-order valence-electron chi connectivity index (χ0n) is 8.13. The van der Waals surface area contributed by atoms with Crippen LogP contribution in [0.25, 0.3) is 0 Å². The van der Waals surface area contributed by atoms with Crippen LogP contribution in [0.2, 0.25) is 0 Å². The topological polar surface area (TPSA) is 20.3 Å². The van der Waals surface area contributed by atoms with Crippen LogP contribution in [0, 0.1) is 5.92 Å². The normalized spacial score (nSPS) is 36.4. The summed E-state index contributed by atoms with van der Waals surface area (Å²) in [5.41, 5.74) is 0.176. The van der Waals surface area contributed by atoms with Crippen LogP contribution in [0.15, 0.2) is 0 Å². The summed E-state index contributed by atoms with van der Waals surface area (Å²) in [6.45, 7) is 7.73. The van der Waals surface area contributed by atoms with Crippen LogP contribution in [0.4, 0.5) is 0 Å². The van der Waals surface area contributed by atoms with E-state index in [9.17, 15) is 4.79 Å². The Morgan fingerprint density at radius 3 is 2.42 bits per heavy atom. The zero-order valence-corrected chi connectivity index (χ0v) is 8.13. The van der Waals surface area contributed by atoms with Gasteiger partial charge in [0.15, 0.2) is 0 Å². The van der Waals surface area contributed by atoms with Gasteiger partial charge in [-0.25, -0.2) is 0 Å². The number of likely N-dealkylation sites (tertiary alicyclic amines) is 1. The van der Waals surface area contributed by atoms with E-state index in [1.54, 1.807) is 0 Å². The fraction of sp³-hybridized carbons (Fsp3) is 0.900. The lowest BCUT2D eigenvalue weighted by molar-refractivity contribution is -0.125. The third-order valence-electron chi connectivity index (χ3n) is 3.11. The lowest BCUT2D eigenvalue weighted by Crippen LogP contribution is -2.49. The molecule has 2 aliphatic rings. The van der Waals surface area contributed by atoms with Crippen LogP contribution in [0.3, 0.4) is 0 Å². The molecule has 0 amide bonds. The van der Waals surface area contributed by atoms with Gasteiger partial charge in [0, 0.05) is 18.5 Å². The highest BCUT2D eigenvalue weighted by molar-refractivity contribution is 5.87. The number of carbonyl (C=O) groups excluding carboxylic acids is 1. The van der Waals surface area contributed by atoms with Crippen molar-refractivity contribution in [1.82, 2.24) is 4.90 Å². The van der Waals surface area contributed by atoms with Crippen LogP contribution in [0.5, 0.6) is 0 Å². The van der Waals surface area contributed by atoms with E-state index in [0.717, 1.165) is 19.4 Å². The predicted octanol–water partition coefficient (Wildman–Crippen LogP) is 1.45. The minimum Gasteiger partial charge on any atom is -0.298 e. The highest BCUT2D eigenvalue weighted by Crippen LogP contribution is 2.38. The van der Waals surface area contributed by atoms with Gasteiger partial charge in [-0.2, -0.15) is 0 Å². The highest BCUT2D eigenvalue weighted by atomic mass is 16.1. The smallest absolute Gasteiger partial charge is 0.150 e. The highest BCUT2D eigenvalue weighted by Gasteiger charge is 2.47. The summed E-state index contributed by atoms with van der Waals surface area (Å²) in [5, 5.41) is 0. The number of Topliss-reactive ketones (excluding diaryl/α,β-unsaturated/α-hetero) is 1. The van der Waals surface area contributed by atoms with Crippen molar-refractivity contribution in [2.75, 3.05) is 6.54 Å². The van der Waals surface area contributed by atoms with Gasteiger partial charge >= 0.3 is 0 Å². The van der Waals surface area contributed by atoms with Gasteiger partial charge in [-0.05, 0) is 33.1 Å². The summed E-state index contributed by atoms with van der Waals surface area (Å²) in [6, 6.07) is 0.259. The molecule has 0 aromatic heterocycles. The maximum atomic E-state index is 11.5. The number of nitrogens with zero attached hydrogens (tertiary/aromatic N) is 1. The van der Waals surface area contributed by atoms with E-state index in [2.05, 4.69) is 25.7 Å². The molecule has 1 saturated carbocycles. The third kappa shape index (κ3) is 1.09. The van der Waals surface area contributed by atoms with E-state index in [1.165, 1.54) is 0 Å². The van der Waals surface area contributed by atoms with Gasteiger partial charge in [0.1, 0.15) is 5.78 Å². The summed E-state index contributed by atoms with van der Waals surface area (Å²) in [4.78, 5) is 13.8. The average Bonchev–Trinajstić information content (AvgIpc) is 2.41. The van der Waals surface area contributed by atoms with E-state index < -0.39 is 0 Å². The average molecular weight is 167 g/mol. The molecule has 1 aliphatic heterocycles. The Balaban J connectivity index is 2.17. The second kappa shape index (κ2) is 2.32. The Labute approximate surface area is 73.9 Å². The molecule has 68 valence electrons. The van der Waals surface area contributed by atoms with Crippen molar-refractivity contribution < 1.29 is 4.79 Å². The first-order chi connectivity index (χ1) is 5.48. The Morgan fingerprint density at radius 2 is 2.08 bits per heavy atom. The Hall–Kier alpha value is -0.370. The van der Waals surface area contributed by atoms with E-state index in [1.807, 2.05) is 0 Å². The maximum absolute atomic E-state index is 11.5. The molecule has 12 heavy (non-hydrogen) atoms. The van der Waals surface area contributed by atoms with Gasteiger partial charge in [-0.15, -0.1) is 0 Å². The lowest BCUT2D eigenvalue weighted by atomic mass is 10.0. The number of carbonyl (C=O) groups is 1. The molecule has 2 heteroatoms. The van der Waals surface area contributed by atoms with E-state index in [4.69, 9.17) is 0 Å². The molecule has 2 unspecified atom stereocenters. The molecular formula is C10H17NO. The maximum Gasteiger partial charge on any atom is 0.150 e. The molecule has 2 rings (SSSR count). The molecule has 1 heterocycles. The van der Waals surface area contributed by atoms with Crippen LogP contribution in [-0.4, -0.2) is 28.8 Å². The van der Waals surface area contributed by atoms with E-state index in [-0.39, 0.29) is 11.6 Å². The van der Waals surface area contributed by atoms with E-state index in [0.29, 0.717) is 11.7 Å². The lowest BCUT2D eigenvalue weighted by Gasteiger charge is -2.37. The number of rotatable bonds is 0. The van der Waals surface area contributed by atoms with Gasteiger partial charge in [0.2, 0.25) is 0 Å². The van der Waals surface area contributed by atoms with Crippen molar-refractivity contribution in [2.45, 2.75) is 45.2 Å². The Morgan fingerprint density at radius 1 is 1.42 bits per heavy atom. The van der Waals surface area contributed by atoms with Gasteiger partial charge < -0.3 is 0 Å². The van der Waals surface area contributed by atoms with Crippen LogP contribution >= 0.6 is 0 Å². The molecule has 2 nitrogen and oxygen atoms in total. The van der Waals surface area contributed by atoms with Crippen molar-refractivity contribution >= 4 is 5.78 Å². The quantitative estimate of drug-likeness (QED) is 0.544. The first kappa shape index (κ1) is 8.24. The number of fused-ring (bicyclic) bond motifs is 2.